The van der Waals surface area contributed by atoms with Gasteiger partial charge in [0.2, 0.25) is 5.91 Å². The Morgan fingerprint density at radius 2 is 2.00 bits per heavy atom. The zero-order valence-corrected chi connectivity index (χ0v) is 14.5. The number of nitrogens with one attached hydrogen (secondary N) is 1. The normalized spacial score (nSPS) is 14.6. The summed E-state index contributed by atoms with van der Waals surface area (Å²) in [5.41, 5.74) is 1.54. The summed E-state index contributed by atoms with van der Waals surface area (Å²) in [4.78, 5) is 26.1. The van der Waals surface area contributed by atoms with E-state index < -0.39 is 11.7 Å². The van der Waals surface area contributed by atoms with Gasteiger partial charge >= 0.3 is 0 Å². The number of piperidine rings is 1. The minimum Gasteiger partial charge on any atom is -0.322 e. The van der Waals surface area contributed by atoms with Crippen molar-refractivity contribution < 1.29 is 14.0 Å². The van der Waals surface area contributed by atoms with Gasteiger partial charge < -0.3 is 10.2 Å². The van der Waals surface area contributed by atoms with Crippen LogP contribution in [0.5, 0.6) is 0 Å². The molecule has 1 aliphatic rings. The molecule has 0 aromatic heterocycles. The summed E-state index contributed by atoms with van der Waals surface area (Å²) < 4.78 is 13.9. The number of carbonyl (C=O) groups excluding carboxylic acids is 2. The topological polar surface area (TPSA) is 49.4 Å². The third kappa shape index (κ3) is 3.64. The molecule has 0 radical (unpaired) electrons. The molecule has 1 heterocycles. The third-order valence-electron chi connectivity index (χ3n) is 3.91. The van der Waals surface area contributed by atoms with Gasteiger partial charge in [0.25, 0.3) is 5.91 Å². The molecule has 1 N–H and O–H groups in total. The van der Waals surface area contributed by atoms with Crippen LogP contribution in [0.2, 0.25) is 0 Å². The fourth-order valence-electron chi connectivity index (χ4n) is 2.70. The first-order valence-electron chi connectivity index (χ1n) is 7.71. The molecule has 2 aromatic carbocycles. The molecular formula is C18H16BrFN2O2. The van der Waals surface area contributed by atoms with E-state index in [0.29, 0.717) is 23.1 Å². The Hall–Kier alpha value is -2.21. The lowest BCUT2D eigenvalue weighted by atomic mass is 10.1. The first-order chi connectivity index (χ1) is 11.5. The number of hydrogen-bond acceptors (Lipinski definition) is 2. The second-order valence-corrected chi connectivity index (χ2v) is 6.49. The number of carbonyl (C=O) groups is 2. The molecule has 1 aliphatic heterocycles. The Labute approximate surface area is 147 Å². The van der Waals surface area contributed by atoms with Crippen molar-refractivity contribution in [2.75, 3.05) is 16.8 Å². The molecule has 0 unspecified atom stereocenters. The van der Waals surface area contributed by atoms with Crippen molar-refractivity contribution in [2.24, 2.45) is 0 Å². The van der Waals surface area contributed by atoms with Gasteiger partial charge in [0.15, 0.2) is 0 Å². The molecule has 2 amide bonds. The molecule has 0 atom stereocenters. The van der Waals surface area contributed by atoms with E-state index in [1.54, 1.807) is 23.1 Å². The minimum absolute atomic E-state index is 0.0950. The predicted molar refractivity (Wildman–Crippen MR) is 94.7 cm³/mol. The summed E-state index contributed by atoms with van der Waals surface area (Å²) in [5, 5.41) is 2.75. The van der Waals surface area contributed by atoms with Crippen LogP contribution in [0.4, 0.5) is 15.8 Å². The summed E-state index contributed by atoms with van der Waals surface area (Å²) in [7, 11) is 0. The highest BCUT2D eigenvalue weighted by Crippen LogP contribution is 2.25. The van der Waals surface area contributed by atoms with Crippen molar-refractivity contribution in [1.82, 2.24) is 0 Å². The Balaban J connectivity index is 1.80. The van der Waals surface area contributed by atoms with Crippen LogP contribution in [0, 0.1) is 5.82 Å². The zero-order valence-electron chi connectivity index (χ0n) is 12.9. The number of benzene rings is 2. The number of hydrogen-bond donors (Lipinski definition) is 1. The fraction of sp³-hybridized carbons (Fsp3) is 0.222. The van der Waals surface area contributed by atoms with Gasteiger partial charge in [0.05, 0.1) is 5.56 Å². The summed E-state index contributed by atoms with van der Waals surface area (Å²) in [5.74, 6) is -0.794. The van der Waals surface area contributed by atoms with Crippen molar-refractivity contribution in [3.05, 3.63) is 58.3 Å². The van der Waals surface area contributed by atoms with Gasteiger partial charge in [-0.15, -0.1) is 0 Å². The van der Waals surface area contributed by atoms with E-state index in [9.17, 15) is 14.0 Å². The van der Waals surface area contributed by atoms with Crippen molar-refractivity contribution >= 4 is 39.1 Å². The van der Waals surface area contributed by atoms with Crippen LogP contribution in [0.15, 0.2) is 46.9 Å². The van der Waals surface area contributed by atoms with Gasteiger partial charge in [0, 0.05) is 28.8 Å². The molecule has 0 aliphatic carbocycles. The van der Waals surface area contributed by atoms with Gasteiger partial charge in [-0.1, -0.05) is 6.07 Å². The van der Waals surface area contributed by atoms with E-state index in [1.165, 1.54) is 18.2 Å². The van der Waals surface area contributed by atoms with E-state index in [1.807, 2.05) is 6.07 Å². The maximum absolute atomic E-state index is 13.4. The van der Waals surface area contributed by atoms with E-state index >= 15 is 0 Å². The van der Waals surface area contributed by atoms with Gasteiger partial charge in [-0.2, -0.15) is 0 Å². The highest BCUT2D eigenvalue weighted by atomic mass is 79.9. The molecule has 6 heteroatoms. The fourth-order valence-corrected chi connectivity index (χ4v) is 3.13. The van der Waals surface area contributed by atoms with Gasteiger partial charge in [0.1, 0.15) is 5.82 Å². The second kappa shape index (κ2) is 7.13. The van der Waals surface area contributed by atoms with Crippen LogP contribution in [0.3, 0.4) is 0 Å². The Kier molecular flexibility index (Phi) is 4.94. The average molecular weight is 391 g/mol. The molecule has 0 saturated carbocycles. The second-order valence-electron chi connectivity index (χ2n) is 5.63. The zero-order chi connectivity index (χ0) is 17.1. The number of rotatable bonds is 3. The summed E-state index contributed by atoms with van der Waals surface area (Å²) in [6.07, 6.45) is 2.44. The number of anilines is 2. The lowest BCUT2D eigenvalue weighted by Crippen LogP contribution is -2.35. The quantitative estimate of drug-likeness (QED) is 0.846. The smallest absolute Gasteiger partial charge is 0.256 e. The Bertz CT molecular complexity index is 794. The molecule has 24 heavy (non-hydrogen) atoms. The van der Waals surface area contributed by atoms with Crippen molar-refractivity contribution in [1.29, 1.82) is 0 Å². The maximum atomic E-state index is 13.4. The summed E-state index contributed by atoms with van der Waals surface area (Å²) in [6.45, 7) is 0.686. The minimum atomic E-state index is -0.476. The SMILES string of the molecule is O=C(Nc1cccc(N2CCCCC2=O)c1)c1cc(F)ccc1Br. The molecule has 0 spiro atoms. The Morgan fingerprint density at radius 3 is 2.79 bits per heavy atom. The van der Waals surface area contributed by atoms with Crippen LogP contribution in [-0.2, 0) is 4.79 Å². The summed E-state index contributed by atoms with van der Waals surface area (Å²) in [6, 6.07) is 11.1. The van der Waals surface area contributed by atoms with Crippen LogP contribution in [0.25, 0.3) is 0 Å². The molecular weight excluding hydrogens is 375 g/mol. The monoisotopic (exact) mass is 390 g/mol. The first-order valence-corrected chi connectivity index (χ1v) is 8.51. The number of halogens is 2. The van der Waals surface area contributed by atoms with E-state index in [2.05, 4.69) is 21.2 Å². The molecule has 1 fully saturated rings. The van der Waals surface area contributed by atoms with Crippen molar-refractivity contribution in [2.45, 2.75) is 19.3 Å². The lowest BCUT2D eigenvalue weighted by Gasteiger charge is -2.27. The standard InChI is InChI=1S/C18H16BrFN2O2/c19-16-8-7-12(20)10-15(16)18(24)21-13-4-3-5-14(11-13)22-9-2-1-6-17(22)23/h3-5,7-8,10-11H,1-2,6,9H2,(H,21,24). The van der Waals surface area contributed by atoms with E-state index in [4.69, 9.17) is 0 Å². The molecule has 0 bridgehead atoms. The highest BCUT2D eigenvalue weighted by Gasteiger charge is 2.20. The van der Waals surface area contributed by atoms with Crippen molar-refractivity contribution in [3.8, 4) is 0 Å². The molecule has 1 saturated heterocycles. The molecule has 4 nitrogen and oxygen atoms in total. The summed E-state index contributed by atoms with van der Waals surface area (Å²) >= 11 is 3.25. The van der Waals surface area contributed by atoms with Gasteiger partial charge in [-0.05, 0) is 65.2 Å². The molecule has 124 valence electrons. The van der Waals surface area contributed by atoms with Gasteiger partial charge in [-0.25, -0.2) is 4.39 Å². The highest BCUT2D eigenvalue weighted by molar-refractivity contribution is 9.10. The predicted octanol–water partition coefficient (Wildman–Crippen LogP) is 4.36. The first kappa shape index (κ1) is 16.6. The van der Waals surface area contributed by atoms with Crippen LogP contribution in [0.1, 0.15) is 29.6 Å². The Morgan fingerprint density at radius 1 is 1.17 bits per heavy atom. The average Bonchev–Trinajstić information content (AvgIpc) is 2.57. The van der Waals surface area contributed by atoms with E-state index in [0.717, 1.165) is 18.5 Å². The third-order valence-corrected chi connectivity index (χ3v) is 4.60. The van der Waals surface area contributed by atoms with Crippen LogP contribution in [-0.4, -0.2) is 18.4 Å². The van der Waals surface area contributed by atoms with Gasteiger partial charge in [-0.3, -0.25) is 9.59 Å². The van der Waals surface area contributed by atoms with Crippen LogP contribution < -0.4 is 10.2 Å². The number of amides is 2. The maximum Gasteiger partial charge on any atom is 0.256 e. The number of nitrogens with zero attached hydrogens (tertiary/aromatic N) is 1. The largest absolute Gasteiger partial charge is 0.322 e. The molecule has 3 rings (SSSR count). The van der Waals surface area contributed by atoms with E-state index in [-0.39, 0.29) is 11.5 Å². The van der Waals surface area contributed by atoms with Crippen LogP contribution >= 0.6 is 15.9 Å². The molecule has 2 aromatic rings. The van der Waals surface area contributed by atoms with Crippen molar-refractivity contribution in [3.63, 3.8) is 0 Å². The lowest BCUT2D eigenvalue weighted by molar-refractivity contribution is -0.119.